The molecule has 0 spiro atoms. The first-order valence-electron chi connectivity index (χ1n) is 12.6. The van der Waals surface area contributed by atoms with Gasteiger partial charge in [0.05, 0.1) is 10.6 Å². The maximum Gasteiger partial charge on any atom is 0.264 e. The molecule has 0 aliphatic heterocycles. The molecule has 0 saturated carbocycles. The SMILES string of the molecule is CC[C@H](C)NC(=O)[C@@H](C)N(Cc1ccc(F)cc1)C(=O)CN(c1ccc(Br)cc1)S(=O)(=O)c1ccc(C)cc1. The van der Waals surface area contributed by atoms with E-state index in [1.54, 1.807) is 43.3 Å². The molecule has 0 unspecified atom stereocenters. The molecule has 0 fully saturated rings. The lowest BCUT2D eigenvalue weighted by atomic mass is 10.1. The molecule has 0 saturated heterocycles. The fourth-order valence-electron chi connectivity index (χ4n) is 3.81. The number of nitrogens with zero attached hydrogens (tertiary/aromatic N) is 2. The zero-order chi connectivity index (χ0) is 28.7. The number of carbonyl (C=O) groups is 2. The Morgan fingerprint density at radius 1 is 0.949 bits per heavy atom. The van der Waals surface area contributed by atoms with Crippen LogP contribution in [0.2, 0.25) is 0 Å². The van der Waals surface area contributed by atoms with Gasteiger partial charge in [-0.1, -0.05) is 52.7 Å². The Hall–Kier alpha value is -3.24. The van der Waals surface area contributed by atoms with Crippen molar-refractivity contribution >= 4 is 43.5 Å². The maximum absolute atomic E-state index is 13.9. The molecular weight excluding hydrogens is 585 g/mol. The van der Waals surface area contributed by atoms with Crippen molar-refractivity contribution in [2.75, 3.05) is 10.8 Å². The van der Waals surface area contributed by atoms with Crippen molar-refractivity contribution in [1.82, 2.24) is 10.2 Å². The molecule has 0 radical (unpaired) electrons. The van der Waals surface area contributed by atoms with Gasteiger partial charge >= 0.3 is 0 Å². The van der Waals surface area contributed by atoms with Crippen LogP contribution in [0.25, 0.3) is 0 Å². The zero-order valence-electron chi connectivity index (χ0n) is 22.4. The summed E-state index contributed by atoms with van der Waals surface area (Å²) >= 11 is 3.36. The van der Waals surface area contributed by atoms with E-state index in [0.29, 0.717) is 17.7 Å². The van der Waals surface area contributed by atoms with Gasteiger partial charge in [-0.05, 0) is 81.3 Å². The second kappa shape index (κ2) is 13.2. The number of anilines is 1. The van der Waals surface area contributed by atoms with E-state index in [4.69, 9.17) is 0 Å². The third-order valence-electron chi connectivity index (χ3n) is 6.44. The number of halogens is 2. The molecule has 3 aromatic carbocycles. The number of benzene rings is 3. The highest BCUT2D eigenvalue weighted by atomic mass is 79.9. The van der Waals surface area contributed by atoms with Gasteiger partial charge in [-0.15, -0.1) is 0 Å². The fourth-order valence-corrected chi connectivity index (χ4v) is 5.49. The molecule has 0 heterocycles. The highest BCUT2D eigenvalue weighted by Crippen LogP contribution is 2.26. The Balaban J connectivity index is 2.01. The third-order valence-corrected chi connectivity index (χ3v) is 8.75. The number of hydrogen-bond acceptors (Lipinski definition) is 4. The number of hydrogen-bond donors (Lipinski definition) is 1. The van der Waals surface area contributed by atoms with E-state index in [2.05, 4.69) is 21.2 Å². The van der Waals surface area contributed by atoms with Crippen LogP contribution in [0.4, 0.5) is 10.1 Å². The van der Waals surface area contributed by atoms with Gasteiger partial charge in [0, 0.05) is 17.1 Å². The topological polar surface area (TPSA) is 86.8 Å². The standard InChI is InChI=1S/C29H33BrFN3O4S/c1-5-21(3)32-29(36)22(4)33(18-23-8-12-25(31)13-9-23)28(35)19-34(26-14-10-24(30)11-15-26)39(37,38)27-16-6-20(2)7-17-27/h6-17,21-22H,5,18-19H2,1-4H3,(H,32,36)/t21-,22+/m0/s1. The molecular formula is C29H33BrFN3O4S. The zero-order valence-corrected chi connectivity index (χ0v) is 24.8. The molecule has 7 nitrogen and oxygen atoms in total. The van der Waals surface area contributed by atoms with Gasteiger partial charge in [0.1, 0.15) is 18.4 Å². The van der Waals surface area contributed by atoms with Crippen LogP contribution >= 0.6 is 15.9 Å². The average Bonchev–Trinajstić information content (AvgIpc) is 2.91. The van der Waals surface area contributed by atoms with Crippen LogP contribution in [0.5, 0.6) is 0 Å². The molecule has 0 aromatic heterocycles. The Kier molecular flexibility index (Phi) is 10.3. The molecule has 10 heteroatoms. The van der Waals surface area contributed by atoms with E-state index in [1.165, 1.54) is 41.3 Å². The van der Waals surface area contributed by atoms with Crippen molar-refractivity contribution in [3.05, 3.63) is 94.2 Å². The normalized spacial score (nSPS) is 12.9. The van der Waals surface area contributed by atoms with E-state index < -0.39 is 34.3 Å². The molecule has 0 aliphatic rings. The predicted molar refractivity (Wildman–Crippen MR) is 154 cm³/mol. The highest BCUT2D eigenvalue weighted by molar-refractivity contribution is 9.10. The number of rotatable bonds is 11. The number of sulfonamides is 1. The van der Waals surface area contributed by atoms with Gasteiger partial charge in [0.25, 0.3) is 10.0 Å². The molecule has 2 amide bonds. The van der Waals surface area contributed by atoms with Crippen LogP contribution in [0, 0.1) is 12.7 Å². The third kappa shape index (κ3) is 7.89. The summed E-state index contributed by atoms with van der Waals surface area (Å²) in [6.45, 7) is 6.69. The molecule has 2 atom stereocenters. The van der Waals surface area contributed by atoms with E-state index in [9.17, 15) is 22.4 Å². The summed E-state index contributed by atoms with van der Waals surface area (Å²) in [5.41, 5.74) is 1.79. The molecule has 0 aliphatic carbocycles. The Labute approximate surface area is 238 Å². The molecule has 39 heavy (non-hydrogen) atoms. The number of nitrogens with one attached hydrogen (secondary N) is 1. The van der Waals surface area contributed by atoms with Crippen LogP contribution in [0.1, 0.15) is 38.3 Å². The van der Waals surface area contributed by atoms with E-state index in [1.807, 2.05) is 20.8 Å². The minimum atomic E-state index is -4.14. The van der Waals surface area contributed by atoms with Crippen molar-refractivity contribution < 1.29 is 22.4 Å². The lowest BCUT2D eigenvalue weighted by molar-refractivity contribution is -0.139. The quantitative estimate of drug-likeness (QED) is 0.311. The van der Waals surface area contributed by atoms with Gasteiger partial charge in [-0.3, -0.25) is 13.9 Å². The maximum atomic E-state index is 13.9. The molecule has 0 bridgehead atoms. The Bertz CT molecular complexity index is 1380. The number of amides is 2. The average molecular weight is 619 g/mol. The predicted octanol–water partition coefficient (Wildman–Crippen LogP) is 5.42. The minimum absolute atomic E-state index is 0.00698. The van der Waals surface area contributed by atoms with Crippen molar-refractivity contribution in [3.8, 4) is 0 Å². The van der Waals surface area contributed by atoms with Crippen LogP contribution in [-0.4, -0.2) is 43.8 Å². The monoisotopic (exact) mass is 617 g/mol. The fraction of sp³-hybridized carbons (Fsp3) is 0.310. The van der Waals surface area contributed by atoms with Crippen LogP contribution in [-0.2, 0) is 26.2 Å². The summed E-state index contributed by atoms with van der Waals surface area (Å²) in [6.07, 6.45) is 0.705. The minimum Gasteiger partial charge on any atom is -0.352 e. The Morgan fingerprint density at radius 3 is 2.10 bits per heavy atom. The summed E-state index contributed by atoms with van der Waals surface area (Å²) in [5.74, 6) is -1.37. The summed E-state index contributed by atoms with van der Waals surface area (Å²) in [4.78, 5) is 28.3. The first-order chi connectivity index (χ1) is 18.4. The van der Waals surface area contributed by atoms with E-state index in [-0.39, 0.29) is 23.4 Å². The number of carbonyl (C=O) groups excluding carboxylic acids is 2. The van der Waals surface area contributed by atoms with Gasteiger partial charge in [0.2, 0.25) is 11.8 Å². The van der Waals surface area contributed by atoms with Crippen molar-refractivity contribution in [2.45, 2.75) is 57.6 Å². The second-order valence-electron chi connectivity index (χ2n) is 9.44. The first kappa shape index (κ1) is 30.3. The largest absolute Gasteiger partial charge is 0.352 e. The molecule has 1 N–H and O–H groups in total. The summed E-state index contributed by atoms with van der Waals surface area (Å²) in [5, 5.41) is 2.88. The summed E-state index contributed by atoms with van der Waals surface area (Å²) in [6, 6.07) is 17.6. The van der Waals surface area contributed by atoms with E-state index in [0.717, 1.165) is 14.3 Å². The summed E-state index contributed by atoms with van der Waals surface area (Å²) in [7, 11) is -4.14. The molecule has 3 aromatic rings. The lowest BCUT2D eigenvalue weighted by Crippen LogP contribution is -2.52. The van der Waals surface area contributed by atoms with Gasteiger partial charge in [0.15, 0.2) is 0 Å². The van der Waals surface area contributed by atoms with E-state index >= 15 is 0 Å². The van der Waals surface area contributed by atoms with Crippen molar-refractivity contribution in [1.29, 1.82) is 0 Å². The smallest absolute Gasteiger partial charge is 0.264 e. The molecule has 208 valence electrons. The highest BCUT2D eigenvalue weighted by Gasteiger charge is 2.32. The lowest BCUT2D eigenvalue weighted by Gasteiger charge is -2.32. The van der Waals surface area contributed by atoms with Gasteiger partial charge < -0.3 is 10.2 Å². The summed E-state index contributed by atoms with van der Waals surface area (Å²) < 4.78 is 42.9. The van der Waals surface area contributed by atoms with Crippen LogP contribution < -0.4 is 9.62 Å². The van der Waals surface area contributed by atoms with Gasteiger partial charge in [-0.2, -0.15) is 0 Å². The van der Waals surface area contributed by atoms with Crippen LogP contribution in [0.15, 0.2) is 82.2 Å². The second-order valence-corrected chi connectivity index (χ2v) is 12.2. The first-order valence-corrected chi connectivity index (χ1v) is 14.8. The Morgan fingerprint density at radius 2 is 1.54 bits per heavy atom. The number of aryl methyl sites for hydroxylation is 1. The van der Waals surface area contributed by atoms with Crippen LogP contribution in [0.3, 0.4) is 0 Å². The molecule has 3 rings (SSSR count). The van der Waals surface area contributed by atoms with Gasteiger partial charge in [-0.25, -0.2) is 12.8 Å². The van der Waals surface area contributed by atoms with Crippen molar-refractivity contribution in [3.63, 3.8) is 0 Å². The van der Waals surface area contributed by atoms with Crippen molar-refractivity contribution in [2.24, 2.45) is 0 Å².